The van der Waals surface area contributed by atoms with Crippen molar-refractivity contribution >= 4 is 11.6 Å². The van der Waals surface area contributed by atoms with Gasteiger partial charge in [0.1, 0.15) is 5.82 Å². The van der Waals surface area contributed by atoms with Crippen LogP contribution in [0.2, 0.25) is 0 Å². The second kappa shape index (κ2) is 7.29. The van der Waals surface area contributed by atoms with Crippen molar-refractivity contribution in [3.63, 3.8) is 0 Å². The first kappa shape index (κ1) is 19.3. The summed E-state index contributed by atoms with van der Waals surface area (Å²) in [7, 11) is 0.969. The fourth-order valence-corrected chi connectivity index (χ4v) is 2.70. The Labute approximate surface area is 158 Å². The number of rotatable bonds is 4. The van der Waals surface area contributed by atoms with Gasteiger partial charge in [0.05, 0.1) is 36.4 Å². The van der Waals surface area contributed by atoms with Crippen molar-refractivity contribution in [2.45, 2.75) is 20.8 Å². The van der Waals surface area contributed by atoms with Gasteiger partial charge in [-0.25, -0.2) is 23.7 Å². The zero-order valence-electron chi connectivity index (χ0n) is 15.5. The van der Waals surface area contributed by atoms with E-state index in [0.29, 0.717) is 17.8 Å². The molecule has 1 aromatic carbocycles. The average molecular weight is 391 g/mol. The summed E-state index contributed by atoms with van der Waals surface area (Å²) in [5, 5.41) is 2.34. The van der Waals surface area contributed by atoms with Gasteiger partial charge in [0, 0.05) is 5.69 Å². The number of hydrogen-bond donors (Lipinski definition) is 1. The highest BCUT2D eigenvalue weighted by Crippen LogP contribution is 2.27. The first-order valence-corrected chi connectivity index (χ1v) is 8.12. The van der Waals surface area contributed by atoms with Crippen LogP contribution in [0.15, 0.2) is 18.5 Å². The molecule has 0 unspecified atom stereocenters. The number of benzene rings is 1. The van der Waals surface area contributed by atoms with Gasteiger partial charge in [0.2, 0.25) is 11.8 Å². The lowest BCUT2D eigenvalue weighted by atomic mass is 10.1. The topological polar surface area (TPSA) is 81.9 Å². The fourth-order valence-electron chi connectivity index (χ4n) is 2.70. The molecule has 0 fully saturated rings. The first-order valence-electron chi connectivity index (χ1n) is 8.12. The van der Waals surface area contributed by atoms with Gasteiger partial charge in [-0.15, -0.1) is 0 Å². The molecule has 0 aliphatic heterocycles. The van der Waals surface area contributed by atoms with Crippen molar-refractivity contribution in [2.75, 3.05) is 12.4 Å². The molecule has 0 aliphatic rings. The van der Waals surface area contributed by atoms with Crippen LogP contribution in [0.4, 0.5) is 18.9 Å². The number of hydrogen-bond acceptors (Lipinski definition) is 5. The van der Waals surface area contributed by atoms with E-state index in [1.807, 2.05) is 13.8 Å². The second-order valence-corrected chi connectivity index (χ2v) is 5.96. The van der Waals surface area contributed by atoms with Crippen LogP contribution < -0.4 is 10.1 Å². The summed E-state index contributed by atoms with van der Waals surface area (Å²) in [5.74, 6) is -5.16. The first-order chi connectivity index (χ1) is 13.2. The molecule has 1 amide bonds. The Morgan fingerprint density at radius 3 is 2.29 bits per heavy atom. The molecule has 0 saturated heterocycles. The predicted octanol–water partition coefficient (Wildman–Crippen LogP) is 3.27. The van der Waals surface area contributed by atoms with Crippen LogP contribution in [0.1, 0.15) is 27.6 Å². The number of aromatic nitrogens is 4. The number of carbonyl (C=O) groups excluding carboxylic acids is 1. The highest BCUT2D eigenvalue weighted by atomic mass is 19.2. The third-order valence-electron chi connectivity index (χ3n) is 4.17. The van der Waals surface area contributed by atoms with E-state index in [-0.39, 0.29) is 5.69 Å². The van der Waals surface area contributed by atoms with E-state index in [1.54, 1.807) is 11.5 Å². The largest absolute Gasteiger partial charge is 0.491 e. The maximum Gasteiger partial charge on any atom is 0.258 e. The number of halogens is 3. The summed E-state index contributed by atoms with van der Waals surface area (Å²) in [6.07, 6.45) is 2.62. The number of imidazole rings is 1. The van der Waals surface area contributed by atoms with Crippen LogP contribution in [-0.2, 0) is 0 Å². The van der Waals surface area contributed by atoms with Gasteiger partial charge < -0.3 is 10.1 Å². The zero-order valence-corrected chi connectivity index (χ0v) is 15.5. The minimum Gasteiger partial charge on any atom is -0.491 e. The van der Waals surface area contributed by atoms with Crippen molar-refractivity contribution < 1.29 is 22.7 Å². The van der Waals surface area contributed by atoms with Crippen LogP contribution in [0.25, 0.3) is 5.95 Å². The smallest absolute Gasteiger partial charge is 0.258 e. The van der Waals surface area contributed by atoms with E-state index in [1.165, 1.54) is 12.4 Å². The molecule has 0 saturated carbocycles. The van der Waals surface area contributed by atoms with Crippen LogP contribution in [0.3, 0.4) is 0 Å². The molecule has 0 aliphatic carbocycles. The molecule has 3 aromatic rings. The third-order valence-corrected chi connectivity index (χ3v) is 4.17. The molecule has 2 heterocycles. The second-order valence-electron chi connectivity index (χ2n) is 5.96. The number of amides is 1. The minimum absolute atomic E-state index is 0.143. The Bertz CT molecular complexity index is 1060. The van der Waals surface area contributed by atoms with E-state index in [0.717, 1.165) is 18.5 Å². The van der Waals surface area contributed by atoms with Crippen LogP contribution in [0, 0.1) is 38.2 Å². The molecule has 28 heavy (non-hydrogen) atoms. The average Bonchev–Trinajstić information content (AvgIpc) is 2.91. The predicted molar refractivity (Wildman–Crippen MR) is 94.2 cm³/mol. The highest BCUT2D eigenvalue weighted by molar-refractivity contribution is 6.04. The standard InChI is InChI=1S/C18H16F3N5O2/c1-8-9(2)26(10(3)24-8)18-22-6-11(7-23-18)25-17(27)12-5-13(19)15(21)16(28-4)14(12)20/h5-7H,1-4H3,(H,25,27). The van der Waals surface area contributed by atoms with E-state index >= 15 is 0 Å². The number of ether oxygens (including phenoxy) is 1. The molecule has 0 spiro atoms. The Balaban J connectivity index is 1.87. The fraction of sp³-hybridized carbons (Fsp3) is 0.222. The molecule has 0 radical (unpaired) electrons. The lowest BCUT2D eigenvalue weighted by Crippen LogP contribution is -2.16. The van der Waals surface area contributed by atoms with Gasteiger partial charge in [-0.05, 0) is 26.8 Å². The van der Waals surface area contributed by atoms with Gasteiger partial charge in [-0.3, -0.25) is 9.36 Å². The van der Waals surface area contributed by atoms with E-state index in [2.05, 4.69) is 25.0 Å². The minimum atomic E-state index is -1.51. The van der Waals surface area contributed by atoms with Crippen LogP contribution in [0.5, 0.6) is 5.75 Å². The van der Waals surface area contributed by atoms with Crippen LogP contribution >= 0.6 is 0 Å². The van der Waals surface area contributed by atoms with E-state index < -0.39 is 34.7 Å². The molecule has 0 bridgehead atoms. The summed E-state index contributed by atoms with van der Waals surface area (Å²) in [6.45, 7) is 5.53. The summed E-state index contributed by atoms with van der Waals surface area (Å²) in [6, 6.07) is 0.457. The Morgan fingerprint density at radius 2 is 1.75 bits per heavy atom. The highest BCUT2D eigenvalue weighted by Gasteiger charge is 2.24. The van der Waals surface area contributed by atoms with Gasteiger partial charge >= 0.3 is 0 Å². The number of anilines is 1. The lowest BCUT2D eigenvalue weighted by molar-refractivity contribution is 0.102. The third kappa shape index (κ3) is 3.28. The number of methoxy groups -OCH3 is 1. The van der Waals surface area contributed by atoms with Gasteiger partial charge in [0.25, 0.3) is 5.91 Å². The molecule has 2 aromatic heterocycles. The summed E-state index contributed by atoms with van der Waals surface area (Å²) in [4.78, 5) is 24.9. The van der Waals surface area contributed by atoms with Crippen molar-refractivity contribution in [3.8, 4) is 11.7 Å². The monoisotopic (exact) mass is 391 g/mol. The summed E-state index contributed by atoms with van der Waals surface area (Å²) < 4.78 is 47.5. The summed E-state index contributed by atoms with van der Waals surface area (Å²) >= 11 is 0. The van der Waals surface area contributed by atoms with Gasteiger partial charge in [-0.1, -0.05) is 0 Å². The Hall–Kier alpha value is -3.43. The maximum atomic E-state index is 14.2. The molecule has 1 N–H and O–H groups in total. The van der Waals surface area contributed by atoms with Crippen molar-refractivity contribution in [1.82, 2.24) is 19.5 Å². The zero-order chi connectivity index (χ0) is 20.6. The summed E-state index contributed by atoms with van der Waals surface area (Å²) in [5.41, 5.74) is 1.13. The molecule has 7 nitrogen and oxygen atoms in total. The molecule has 146 valence electrons. The Morgan fingerprint density at radius 1 is 1.11 bits per heavy atom. The maximum absolute atomic E-state index is 14.2. The SMILES string of the molecule is COc1c(F)c(F)cc(C(=O)Nc2cnc(-n3c(C)nc(C)c3C)nc2)c1F. The molecule has 3 rings (SSSR count). The molecular weight excluding hydrogens is 375 g/mol. The Kier molecular flexibility index (Phi) is 5.04. The van der Waals surface area contributed by atoms with Gasteiger partial charge in [0.15, 0.2) is 17.4 Å². The number of nitrogens with one attached hydrogen (secondary N) is 1. The number of aryl methyl sites for hydroxylation is 2. The normalized spacial score (nSPS) is 10.8. The van der Waals surface area contributed by atoms with Gasteiger partial charge in [-0.2, -0.15) is 4.39 Å². The quantitative estimate of drug-likeness (QED) is 0.691. The molecule has 0 atom stereocenters. The lowest BCUT2D eigenvalue weighted by Gasteiger charge is -2.10. The van der Waals surface area contributed by atoms with Crippen molar-refractivity contribution in [3.05, 3.63) is 58.7 Å². The van der Waals surface area contributed by atoms with Crippen molar-refractivity contribution in [1.29, 1.82) is 0 Å². The number of nitrogens with zero attached hydrogens (tertiary/aromatic N) is 4. The molecular formula is C18H16F3N5O2. The molecule has 10 heteroatoms. The van der Waals surface area contributed by atoms with E-state index in [4.69, 9.17) is 0 Å². The van der Waals surface area contributed by atoms with Crippen molar-refractivity contribution in [2.24, 2.45) is 0 Å². The number of carbonyl (C=O) groups is 1. The van der Waals surface area contributed by atoms with E-state index in [9.17, 15) is 18.0 Å². The van der Waals surface area contributed by atoms with Crippen LogP contribution in [-0.4, -0.2) is 32.5 Å².